The van der Waals surface area contributed by atoms with Gasteiger partial charge in [-0.2, -0.15) is 0 Å². The first kappa shape index (κ1) is 21.3. The summed E-state index contributed by atoms with van der Waals surface area (Å²) in [5.41, 5.74) is 4.19. The molecule has 3 aromatic rings. The van der Waals surface area contributed by atoms with E-state index in [2.05, 4.69) is 53.3 Å². The van der Waals surface area contributed by atoms with E-state index < -0.39 is 5.60 Å². The Hall–Kier alpha value is -2.21. The molecule has 33 heavy (non-hydrogen) atoms. The zero-order valence-electron chi connectivity index (χ0n) is 19.6. The van der Waals surface area contributed by atoms with Gasteiger partial charge in [-0.05, 0) is 87.2 Å². The molecular weight excluding hydrogens is 410 g/mol. The fourth-order valence-corrected chi connectivity index (χ4v) is 6.88. The van der Waals surface area contributed by atoms with E-state index in [1.54, 1.807) is 0 Å². The number of aryl methyl sites for hydroxylation is 1. The molecule has 174 valence electrons. The largest absolute Gasteiger partial charge is 0.390 e. The number of fused-ring (bicyclic) bond motifs is 4. The van der Waals surface area contributed by atoms with Crippen LogP contribution in [0.25, 0.3) is 11.0 Å². The minimum absolute atomic E-state index is 0.149. The Morgan fingerprint density at radius 1 is 1.06 bits per heavy atom. The molecule has 2 heterocycles. The predicted molar refractivity (Wildman–Crippen MR) is 130 cm³/mol. The van der Waals surface area contributed by atoms with Crippen LogP contribution in [0, 0.1) is 11.8 Å². The molecule has 1 spiro atoms. The van der Waals surface area contributed by atoms with Crippen molar-refractivity contribution < 1.29 is 9.84 Å². The molecule has 0 radical (unpaired) electrons. The van der Waals surface area contributed by atoms with Gasteiger partial charge in [-0.15, -0.1) is 0 Å². The van der Waals surface area contributed by atoms with Crippen LogP contribution in [0.15, 0.2) is 48.5 Å². The Morgan fingerprint density at radius 3 is 2.73 bits per heavy atom. The minimum Gasteiger partial charge on any atom is -0.390 e. The summed E-state index contributed by atoms with van der Waals surface area (Å²) in [6.45, 7) is 2.68. The molecule has 0 saturated heterocycles. The summed E-state index contributed by atoms with van der Waals surface area (Å²) in [5, 5.41) is 11.7. The molecule has 5 nitrogen and oxygen atoms in total. The number of aliphatic hydroxyl groups is 1. The third-order valence-corrected chi connectivity index (χ3v) is 8.71. The van der Waals surface area contributed by atoms with Gasteiger partial charge in [-0.25, -0.2) is 4.98 Å². The molecule has 1 aromatic heterocycles. The highest BCUT2D eigenvalue weighted by molar-refractivity contribution is 5.74. The van der Waals surface area contributed by atoms with Crippen molar-refractivity contribution >= 4 is 11.0 Å². The van der Waals surface area contributed by atoms with Crippen molar-refractivity contribution in [2.45, 2.75) is 62.8 Å². The first-order chi connectivity index (χ1) is 16.1. The lowest BCUT2D eigenvalue weighted by atomic mass is 9.53. The molecule has 0 unspecified atom stereocenters. The van der Waals surface area contributed by atoms with Gasteiger partial charge in [-0.1, -0.05) is 36.4 Å². The fourth-order valence-electron chi connectivity index (χ4n) is 6.88. The SMILES string of the molecule is CN(CCCc1nc2ccccc2[nH]1)CC[C@@]1(O)C[C@@H]2CC[C@H]1C[C@]21OCc2ccccc21. The Balaban J connectivity index is 1.04. The number of aromatic amines is 1. The van der Waals surface area contributed by atoms with Gasteiger partial charge >= 0.3 is 0 Å². The number of benzene rings is 2. The monoisotopic (exact) mass is 445 g/mol. The molecule has 7 rings (SSSR count). The molecule has 3 saturated carbocycles. The number of hydrogen-bond acceptors (Lipinski definition) is 4. The number of hydrogen-bond donors (Lipinski definition) is 2. The van der Waals surface area contributed by atoms with Crippen molar-refractivity contribution in [2.24, 2.45) is 11.8 Å². The second kappa shape index (κ2) is 8.23. The van der Waals surface area contributed by atoms with Crippen LogP contribution in [0.4, 0.5) is 0 Å². The maximum absolute atomic E-state index is 11.7. The van der Waals surface area contributed by atoms with Crippen LogP contribution in [0.3, 0.4) is 0 Å². The predicted octanol–water partition coefficient (Wildman–Crippen LogP) is 4.79. The summed E-state index contributed by atoms with van der Waals surface area (Å²) in [6.07, 6.45) is 7.02. The fraction of sp³-hybridized carbons (Fsp3) is 0.536. The van der Waals surface area contributed by atoms with Crippen molar-refractivity contribution in [1.29, 1.82) is 0 Å². The average Bonchev–Trinajstić information content (AvgIpc) is 3.41. The van der Waals surface area contributed by atoms with Gasteiger partial charge in [0.25, 0.3) is 0 Å². The van der Waals surface area contributed by atoms with E-state index in [-0.39, 0.29) is 5.60 Å². The minimum atomic E-state index is -0.554. The summed E-state index contributed by atoms with van der Waals surface area (Å²) in [7, 11) is 2.18. The van der Waals surface area contributed by atoms with E-state index in [0.717, 1.165) is 75.1 Å². The third-order valence-electron chi connectivity index (χ3n) is 8.71. The molecule has 2 N–H and O–H groups in total. The number of para-hydroxylation sites is 2. The molecule has 5 heteroatoms. The van der Waals surface area contributed by atoms with Crippen LogP contribution in [-0.4, -0.2) is 45.7 Å². The summed E-state index contributed by atoms with van der Waals surface area (Å²) < 4.78 is 6.49. The molecule has 2 aromatic carbocycles. The van der Waals surface area contributed by atoms with E-state index in [4.69, 9.17) is 9.72 Å². The smallest absolute Gasteiger partial charge is 0.107 e. The second-order valence-corrected chi connectivity index (χ2v) is 10.7. The second-order valence-electron chi connectivity index (χ2n) is 10.7. The zero-order valence-corrected chi connectivity index (χ0v) is 19.6. The number of imidazole rings is 1. The van der Waals surface area contributed by atoms with Crippen molar-refractivity contribution in [2.75, 3.05) is 20.1 Å². The van der Waals surface area contributed by atoms with Gasteiger partial charge in [0.15, 0.2) is 0 Å². The van der Waals surface area contributed by atoms with E-state index >= 15 is 0 Å². The molecule has 3 fully saturated rings. The molecule has 4 aliphatic rings. The van der Waals surface area contributed by atoms with E-state index in [9.17, 15) is 5.11 Å². The summed E-state index contributed by atoms with van der Waals surface area (Å²) in [6, 6.07) is 16.9. The van der Waals surface area contributed by atoms with Crippen molar-refractivity contribution in [3.05, 3.63) is 65.5 Å². The van der Waals surface area contributed by atoms with Crippen LogP contribution in [0.2, 0.25) is 0 Å². The third kappa shape index (κ3) is 3.71. The normalized spacial score (nSPS) is 30.5. The van der Waals surface area contributed by atoms with Crippen LogP contribution in [0.1, 0.15) is 55.5 Å². The summed E-state index contributed by atoms with van der Waals surface area (Å²) in [4.78, 5) is 10.5. The highest BCUT2D eigenvalue weighted by Crippen LogP contribution is 2.61. The van der Waals surface area contributed by atoms with Crippen molar-refractivity contribution in [3.8, 4) is 0 Å². The highest BCUT2D eigenvalue weighted by atomic mass is 16.5. The van der Waals surface area contributed by atoms with Crippen molar-refractivity contribution in [3.63, 3.8) is 0 Å². The lowest BCUT2D eigenvalue weighted by Gasteiger charge is -2.57. The van der Waals surface area contributed by atoms with Gasteiger partial charge < -0.3 is 19.7 Å². The van der Waals surface area contributed by atoms with Gasteiger partial charge in [-0.3, -0.25) is 0 Å². The standard InChI is InChI=1S/C28H35N3O2/c1-31(15-6-11-26-29-24-9-4-5-10-25(24)30-26)16-14-27(32)17-22-13-12-21(27)18-28(22)23-8-3-2-7-20(23)19-33-28/h2-5,7-10,21-22,32H,6,11-19H2,1H3,(H,29,30)/t21-,22-,27+,28-/m0/s1. The van der Waals surface area contributed by atoms with E-state index in [0.29, 0.717) is 11.8 Å². The Labute approximate surface area is 196 Å². The number of nitrogens with zero attached hydrogens (tertiary/aromatic N) is 2. The van der Waals surface area contributed by atoms with E-state index in [1.807, 2.05) is 12.1 Å². The molecule has 2 bridgehead atoms. The van der Waals surface area contributed by atoms with Gasteiger partial charge in [0.2, 0.25) is 0 Å². The van der Waals surface area contributed by atoms with Crippen LogP contribution >= 0.6 is 0 Å². The number of ether oxygens (including phenoxy) is 1. The first-order valence-electron chi connectivity index (χ1n) is 12.6. The van der Waals surface area contributed by atoms with E-state index in [1.165, 1.54) is 17.5 Å². The van der Waals surface area contributed by atoms with Gasteiger partial charge in [0.05, 0.1) is 28.8 Å². The topological polar surface area (TPSA) is 61.4 Å². The molecule has 1 aliphatic heterocycles. The zero-order chi connectivity index (χ0) is 22.5. The Morgan fingerprint density at radius 2 is 1.88 bits per heavy atom. The van der Waals surface area contributed by atoms with Crippen molar-refractivity contribution in [1.82, 2.24) is 14.9 Å². The number of rotatable bonds is 7. The van der Waals surface area contributed by atoms with Gasteiger partial charge in [0, 0.05) is 13.0 Å². The maximum Gasteiger partial charge on any atom is 0.107 e. The molecule has 3 aliphatic carbocycles. The number of nitrogens with one attached hydrogen (secondary N) is 1. The van der Waals surface area contributed by atoms with Crippen LogP contribution in [0.5, 0.6) is 0 Å². The Bertz CT molecular complexity index is 1110. The average molecular weight is 446 g/mol. The first-order valence-corrected chi connectivity index (χ1v) is 12.6. The highest BCUT2D eigenvalue weighted by Gasteiger charge is 2.60. The summed E-state index contributed by atoms with van der Waals surface area (Å²) >= 11 is 0. The molecule has 4 atom stereocenters. The lowest BCUT2D eigenvalue weighted by molar-refractivity contribution is -0.211. The number of H-pyrrole nitrogens is 1. The summed E-state index contributed by atoms with van der Waals surface area (Å²) in [5.74, 6) is 1.82. The Kier molecular flexibility index (Phi) is 5.32. The quantitative estimate of drug-likeness (QED) is 0.549. The van der Waals surface area contributed by atoms with Gasteiger partial charge in [0.1, 0.15) is 5.82 Å². The maximum atomic E-state index is 11.7. The number of aromatic nitrogens is 2. The van der Waals surface area contributed by atoms with Crippen LogP contribution < -0.4 is 0 Å². The lowest BCUT2D eigenvalue weighted by Crippen LogP contribution is -2.57. The molecule has 0 amide bonds. The molecular formula is C28H35N3O2. The van der Waals surface area contributed by atoms with Crippen LogP contribution in [-0.2, 0) is 23.4 Å².